The van der Waals surface area contributed by atoms with Gasteiger partial charge in [-0.2, -0.15) is 5.10 Å². The molecular formula is C23H26F2N6O. The van der Waals surface area contributed by atoms with Gasteiger partial charge in [0.05, 0.1) is 17.3 Å². The number of piperidine rings is 1. The Balaban J connectivity index is 1.48. The van der Waals surface area contributed by atoms with Gasteiger partial charge in [-0.15, -0.1) is 0 Å². The normalized spacial score (nSPS) is 21.5. The summed E-state index contributed by atoms with van der Waals surface area (Å²) in [6.45, 7) is 4.11. The van der Waals surface area contributed by atoms with E-state index in [1.54, 1.807) is 9.42 Å². The van der Waals surface area contributed by atoms with E-state index in [0.717, 1.165) is 49.8 Å². The molecule has 2 atom stereocenters. The molecule has 2 aliphatic rings. The van der Waals surface area contributed by atoms with Crippen molar-refractivity contribution in [2.75, 3.05) is 24.5 Å². The van der Waals surface area contributed by atoms with Gasteiger partial charge in [0.15, 0.2) is 17.3 Å². The minimum Gasteiger partial charge on any atom is -0.355 e. The summed E-state index contributed by atoms with van der Waals surface area (Å²) in [6, 6.07) is 5.42. The van der Waals surface area contributed by atoms with Crippen LogP contribution in [0.3, 0.4) is 0 Å². The quantitative estimate of drug-likeness (QED) is 0.677. The molecule has 2 fully saturated rings. The number of fused-ring (bicyclic) bond motifs is 1. The molecule has 4 heterocycles. The highest BCUT2D eigenvalue weighted by atomic mass is 19.2. The van der Waals surface area contributed by atoms with Crippen molar-refractivity contribution in [3.05, 3.63) is 58.9 Å². The van der Waals surface area contributed by atoms with E-state index in [2.05, 4.69) is 4.90 Å². The number of nitrogens with zero attached hydrogens (tertiary/aromatic N) is 5. The molecular weight excluding hydrogens is 414 g/mol. The minimum atomic E-state index is -1.11. The lowest BCUT2D eigenvalue weighted by Gasteiger charge is -2.34. The second kappa shape index (κ2) is 8.12. The lowest BCUT2D eigenvalue weighted by Crippen LogP contribution is -2.39. The highest BCUT2D eigenvalue weighted by molar-refractivity contribution is 5.94. The molecule has 168 valence electrons. The number of nitrogens with two attached hydrogens (primary N) is 1. The smallest absolute Gasteiger partial charge is 0.257 e. The Morgan fingerprint density at radius 1 is 1.19 bits per heavy atom. The van der Waals surface area contributed by atoms with Crippen LogP contribution in [0.5, 0.6) is 0 Å². The largest absolute Gasteiger partial charge is 0.355 e. The molecule has 0 radical (unpaired) electrons. The maximum Gasteiger partial charge on any atom is 0.257 e. The molecule has 2 unspecified atom stereocenters. The molecule has 7 nitrogen and oxygen atoms in total. The lowest BCUT2D eigenvalue weighted by molar-refractivity contribution is 0.0599. The van der Waals surface area contributed by atoms with Gasteiger partial charge in [0.25, 0.3) is 5.91 Å². The van der Waals surface area contributed by atoms with E-state index < -0.39 is 17.5 Å². The SMILES string of the molecule is Cc1cn2nc(C3CCCCN3C(=O)c3cccc(F)c3F)cc2nc1N1CCC(N)C1. The summed E-state index contributed by atoms with van der Waals surface area (Å²) in [6.07, 6.45) is 5.32. The van der Waals surface area contributed by atoms with Crippen molar-refractivity contribution >= 4 is 17.4 Å². The van der Waals surface area contributed by atoms with Gasteiger partial charge in [0.2, 0.25) is 0 Å². The standard InChI is InChI=1S/C23H26F2N6O/c1-14-12-31-20(27-22(14)29-10-8-15(26)13-29)11-18(28-31)19-7-2-3-9-30(19)23(32)16-5-4-6-17(24)21(16)25/h4-6,11-12,15,19H,2-3,7-10,13,26H2,1H3. The number of carbonyl (C=O) groups excluding carboxylic acids is 1. The number of rotatable bonds is 3. The summed E-state index contributed by atoms with van der Waals surface area (Å²) in [7, 11) is 0. The van der Waals surface area contributed by atoms with Gasteiger partial charge in [0, 0.05) is 43.5 Å². The predicted octanol–water partition coefficient (Wildman–Crippen LogP) is 3.22. The Bertz CT molecular complexity index is 1180. The van der Waals surface area contributed by atoms with Gasteiger partial charge in [-0.3, -0.25) is 4.79 Å². The third-order valence-corrected chi connectivity index (χ3v) is 6.44. The average Bonchev–Trinajstić information content (AvgIpc) is 3.40. The third-order valence-electron chi connectivity index (χ3n) is 6.44. The molecule has 1 aromatic carbocycles. The molecule has 5 rings (SSSR count). The van der Waals surface area contributed by atoms with Crippen LogP contribution in [0, 0.1) is 18.6 Å². The number of hydrogen-bond acceptors (Lipinski definition) is 5. The number of likely N-dealkylation sites (tertiary alicyclic amines) is 1. The summed E-state index contributed by atoms with van der Waals surface area (Å²) in [5.41, 5.74) is 8.21. The van der Waals surface area contributed by atoms with Gasteiger partial charge in [-0.05, 0) is 44.7 Å². The molecule has 32 heavy (non-hydrogen) atoms. The Labute approximate surface area is 184 Å². The zero-order valence-electron chi connectivity index (χ0n) is 18.0. The van der Waals surface area contributed by atoms with Gasteiger partial charge in [-0.1, -0.05) is 6.07 Å². The molecule has 0 saturated carbocycles. The Kier molecular flexibility index (Phi) is 5.28. The van der Waals surface area contributed by atoms with Crippen LogP contribution >= 0.6 is 0 Å². The van der Waals surface area contributed by atoms with Crippen molar-refractivity contribution < 1.29 is 13.6 Å². The number of benzene rings is 1. The molecule has 0 spiro atoms. The number of aryl methyl sites for hydroxylation is 1. The van der Waals surface area contributed by atoms with Gasteiger partial charge in [0.1, 0.15) is 5.82 Å². The van der Waals surface area contributed by atoms with E-state index in [1.165, 1.54) is 12.1 Å². The second-order valence-corrected chi connectivity index (χ2v) is 8.73. The first-order valence-electron chi connectivity index (χ1n) is 11.0. The number of amides is 1. The molecule has 2 aliphatic heterocycles. The summed E-state index contributed by atoms with van der Waals surface area (Å²) in [4.78, 5) is 21.8. The fourth-order valence-electron chi connectivity index (χ4n) is 4.79. The molecule has 0 aliphatic carbocycles. The van der Waals surface area contributed by atoms with E-state index in [-0.39, 0.29) is 17.6 Å². The lowest BCUT2D eigenvalue weighted by atomic mass is 9.98. The number of halogens is 2. The zero-order chi connectivity index (χ0) is 22.4. The average molecular weight is 440 g/mol. The van der Waals surface area contributed by atoms with Crippen molar-refractivity contribution in [1.82, 2.24) is 19.5 Å². The predicted molar refractivity (Wildman–Crippen MR) is 117 cm³/mol. The van der Waals surface area contributed by atoms with E-state index in [0.29, 0.717) is 24.3 Å². The first kappa shape index (κ1) is 20.8. The highest BCUT2D eigenvalue weighted by Crippen LogP contribution is 2.33. The molecule has 2 saturated heterocycles. The first-order chi connectivity index (χ1) is 15.4. The van der Waals surface area contributed by atoms with Crippen LogP contribution in [0.25, 0.3) is 5.65 Å². The van der Waals surface area contributed by atoms with Crippen LogP contribution in [-0.4, -0.2) is 51.1 Å². The third kappa shape index (κ3) is 3.60. The number of carbonyl (C=O) groups is 1. The molecule has 2 N–H and O–H groups in total. The van der Waals surface area contributed by atoms with Crippen LogP contribution in [0.15, 0.2) is 30.5 Å². The fraction of sp³-hybridized carbons (Fsp3) is 0.435. The van der Waals surface area contributed by atoms with E-state index in [9.17, 15) is 13.6 Å². The second-order valence-electron chi connectivity index (χ2n) is 8.73. The van der Waals surface area contributed by atoms with Gasteiger partial charge >= 0.3 is 0 Å². The van der Waals surface area contributed by atoms with Crippen LogP contribution in [0.1, 0.15) is 53.3 Å². The minimum absolute atomic E-state index is 0.151. The van der Waals surface area contributed by atoms with Crippen molar-refractivity contribution in [3.63, 3.8) is 0 Å². The van der Waals surface area contributed by atoms with Crippen LogP contribution < -0.4 is 10.6 Å². The summed E-state index contributed by atoms with van der Waals surface area (Å²) in [5.74, 6) is -1.75. The maximum atomic E-state index is 14.3. The topological polar surface area (TPSA) is 79.8 Å². The van der Waals surface area contributed by atoms with Crippen molar-refractivity contribution in [2.45, 2.75) is 44.7 Å². The summed E-state index contributed by atoms with van der Waals surface area (Å²) < 4.78 is 29.7. The zero-order valence-corrected chi connectivity index (χ0v) is 18.0. The van der Waals surface area contributed by atoms with Gasteiger partial charge in [-0.25, -0.2) is 18.3 Å². The van der Waals surface area contributed by atoms with Crippen LogP contribution in [0.2, 0.25) is 0 Å². The molecule has 1 amide bonds. The van der Waals surface area contributed by atoms with E-state index in [1.807, 2.05) is 19.2 Å². The number of aromatic nitrogens is 3. The Morgan fingerprint density at radius 3 is 2.81 bits per heavy atom. The Hall–Kier alpha value is -3.07. The molecule has 0 bridgehead atoms. The molecule has 2 aromatic heterocycles. The first-order valence-corrected chi connectivity index (χ1v) is 11.0. The molecule has 9 heteroatoms. The summed E-state index contributed by atoms with van der Waals surface area (Å²) >= 11 is 0. The van der Waals surface area contributed by atoms with Gasteiger partial charge < -0.3 is 15.5 Å². The maximum absolute atomic E-state index is 14.3. The monoisotopic (exact) mass is 440 g/mol. The highest BCUT2D eigenvalue weighted by Gasteiger charge is 2.32. The van der Waals surface area contributed by atoms with Crippen molar-refractivity contribution in [1.29, 1.82) is 0 Å². The number of anilines is 1. The summed E-state index contributed by atoms with van der Waals surface area (Å²) in [5, 5.41) is 4.70. The van der Waals surface area contributed by atoms with Crippen LogP contribution in [0.4, 0.5) is 14.6 Å². The van der Waals surface area contributed by atoms with E-state index in [4.69, 9.17) is 15.8 Å². The molecule has 3 aromatic rings. The van der Waals surface area contributed by atoms with Crippen LogP contribution in [-0.2, 0) is 0 Å². The van der Waals surface area contributed by atoms with E-state index >= 15 is 0 Å². The number of hydrogen-bond donors (Lipinski definition) is 1. The van der Waals surface area contributed by atoms with Crippen molar-refractivity contribution in [2.24, 2.45) is 5.73 Å². The Morgan fingerprint density at radius 2 is 2.03 bits per heavy atom. The van der Waals surface area contributed by atoms with Crippen molar-refractivity contribution in [3.8, 4) is 0 Å². The fourth-order valence-corrected chi connectivity index (χ4v) is 4.79.